The van der Waals surface area contributed by atoms with E-state index in [4.69, 9.17) is 5.11 Å². The van der Waals surface area contributed by atoms with E-state index in [1.807, 2.05) is 11.8 Å². The van der Waals surface area contributed by atoms with Crippen LogP contribution in [0.25, 0.3) is 0 Å². The van der Waals surface area contributed by atoms with Crippen molar-refractivity contribution < 1.29 is 14.7 Å². The highest BCUT2D eigenvalue weighted by molar-refractivity contribution is 7.98. The molecule has 1 amide bonds. The summed E-state index contributed by atoms with van der Waals surface area (Å²) in [6.45, 7) is 0.594. The summed E-state index contributed by atoms with van der Waals surface area (Å²) < 4.78 is 0. The van der Waals surface area contributed by atoms with E-state index in [9.17, 15) is 9.59 Å². The quantitative estimate of drug-likeness (QED) is 0.684. The van der Waals surface area contributed by atoms with Gasteiger partial charge in [0, 0.05) is 6.54 Å². The van der Waals surface area contributed by atoms with Gasteiger partial charge >= 0.3 is 5.97 Å². The van der Waals surface area contributed by atoms with E-state index in [0.29, 0.717) is 6.54 Å². The molecule has 6 heteroatoms. The number of amides is 1. The Balaban J connectivity index is 2.29. The average Bonchev–Trinajstić information content (AvgIpc) is 2.46. The van der Waals surface area contributed by atoms with E-state index >= 15 is 0 Å². The predicted octanol–water partition coefficient (Wildman–Crippen LogP) is 2.43. The van der Waals surface area contributed by atoms with E-state index in [0.717, 1.165) is 12.8 Å². The molecule has 1 rings (SSSR count). The van der Waals surface area contributed by atoms with Gasteiger partial charge in [-0.2, -0.15) is 11.8 Å². The van der Waals surface area contributed by atoms with Crippen LogP contribution in [0, 0.1) is 0 Å². The fourth-order valence-corrected chi connectivity index (χ4v) is 2.19. The van der Waals surface area contributed by atoms with Gasteiger partial charge in [-0.05, 0) is 37.0 Å². The second kappa shape index (κ2) is 9.36. The van der Waals surface area contributed by atoms with Gasteiger partial charge in [-0.15, -0.1) is 0 Å². The Morgan fingerprint density at radius 1 is 1.20 bits per heavy atom. The van der Waals surface area contributed by atoms with Crippen molar-refractivity contribution in [3.8, 4) is 0 Å². The highest BCUT2D eigenvalue weighted by Crippen LogP contribution is 2.04. The first-order valence-corrected chi connectivity index (χ1v) is 8.02. The third-order valence-corrected chi connectivity index (χ3v) is 3.46. The van der Waals surface area contributed by atoms with Crippen molar-refractivity contribution in [2.24, 2.45) is 0 Å². The molecular formula is C14H20N2O3S. The number of thioether (sulfide) groups is 1. The minimum atomic E-state index is -1.13. The zero-order chi connectivity index (χ0) is 14.8. The van der Waals surface area contributed by atoms with E-state index < -0.39 is 5.97 Å². The lowest BCUT2D eigenvalue weighted by Gasteiger charge is -2.05. The number of aromatic nitrogens is 1. The van der Waals surface area contributed by atoms with Gasteiger partial charge < -0.3 is 10.4 Å². The molecule has 2 N–H and O–H groups in total. The van der Waals surface area contributed by atoms with Crippen LogP contribution in [0.15, 0.2) is 18.2 Å². The van der Waals surface area contributed by atoms with Crippen molar-refractivity contribution >= 4 is 23.6 Å². The number of unbranched alkanes of at least 4 members (excludes halogenated alkanes) is 3. The number of carbonyl (C=O) groups excluding carboxylic acids is 1. The molecule has 0 bridgehead atoms. The van der Waals surface area contributed by atoms with Gasteiger partial charge in [-0.1, -0.05) is 18.9 Å². The number of pyridine rings is 1. The molecule has 0 aromatic carbocycles. The Morgan fingerprint density at radius 2 is 1.90 bits per heavy atom. The first kappa shape index (κ1) is 16.5. The minimum Gasteiger partial charge on any atom is -0.477 e. The molecule has 0 unspecified atom stereocenters. The maximum atomic E-state index is 11.8. The van der Waals surface area contributed by atoms with Crippen LogP contribution in [0.2, 0.25) is 0 Å². The van der Waals surface area contributed by atoms with Crippen LogP contribution in [0.3, 0.4) is 0 Å². The Bertz CT molecular complexity index is 452. The first-order valence-electron chi connectivity index (χ1n) is 6.62. The van der Waals surface area contributed by atoms with Gasteiger partial charge in [0.25, 0.3) is 5.91 Å². The minimum absolute atomic E-state index is 0.116. The zero-order valence-corrected chi connectivity index (χ0v) is 12.4. The summed E-state index contributed by atoms with van der Waals surface area (Å²) in [6.07, 6.45) is 6.49. The molecule has 20 heavy (non-hydrogen) atoms. The third-order valence-electron chi connectivity index (χ3n) is 2.76. The summed E-state index contributed by atoms with van der Waals surface area (Å²) in [5.41, 5.74) is 0.0296. The van der Waals surface area contributed by atoms with E-state index in [2.05, 4.69) is 16.6 Å². The first-order chi connectivity index (χ1) is 9.65. The second-order valence-electron chi connectivity index (χ2n) is 4.38. The van der Waals surface area contributed by atoms with E-state index in [1.165, 1.54) is 36.8 Å². The highest BCUT2D eigenvalue weighted by atomic mass is 32.2. The lowest BCUT2D eigenvalue weighted by atomic mass is 10.2. The van der Waals surface area contributed by atoms with Crippen molar-refractivity contribution in [1.82, 2.24) is 10.3 Å². The normalized spacial score (nSPS) is 10.2. The van der Waals surface area contributed by atoms with Crippen LogP contribution in [-0.4, -0.2) is 40.5 Å². The SMILES string of the molecule is CSCCCCCCNC(=O)c1cccc(C(=O)O)n1. The van der Waals surface area contributed by atoms with Crippen molar-refractivity contribution in [3.63, 3.8) is 0 Å². The van der Waals surface area contributed by atoms with Crippen LogP contribution in [0.5, 0.6) is 0 Å². The molecule has 0 radical (unpaired) electrons. The molecule has 0 aliphatic carbocycles. The van der Waals surface area contributed by atoms with Crippen LogP contribution in [-0.2, 0) is 0 Å². The van der Waals surface area contributed by atoms with Gasteiger partial charge in [0.1, 0.15) is 11.4 Å². The molecule has 1 aromatic heterocycles. The lowest BCUT2D eigenvalue weighted by molar-refractivity contribution is 0.0690. The van der Waals surface area contributed by atoms with Gasteiger partial charge in [-0.3, -0.25) is 4.79 Å². The van der Waals surface area contributed by atoms with E-state index in [1.54, 1.807) is 0 Å². The van der Waals surface area contributed by atoms with E-state index in [-0.39, 0.29) is 17.3 Å². The Labute approximate surface area is 123 Å². The molecule has 1 aromatic rings. The van der Waals surface area contributed by atoms with Crippen LogP contribution >= 0.6 is 11.8 Å². The summed E-state index contributed by atoms with van der Waals surface area (Å²) in [5, 5.41) is 11.6. The number of carbonyl (C=O) groups is 2. The number of carboxylic acids is 1. The van der Waals surface area contributed by atoms with Crippen molar-refractivity contribution in [2.75, 3.05) is 18.6 Å². The van der Waals surface area contributed by atoms with Gasteiger partial charge in [0.2, 0.25) is 0 Å². The molecule has 0 fully saturated rings. The van der Waals surface area contributed by atoms with Crippen molar-refractivity contribution in [2.45, 2.75) is 25.7 Å². The van der Waals surface area contributed by atoms with Crippen molar-refractivity contribution in [1.29, 1.82) is 0 Å². The largest absolute Gasteiger partial charge is 0.477 e. The molecule has 0 spiro atoms. The van der Waals surface area contributed by atoms with Crippen LogP contribution in [0.1, 0.15) is 46.7 Å². The number of nitrogens with zero attached hydrogens (tertiary/aromatic N) is 1. The third kappa shape index (κ3) is 6.06. The number of hydrogen-bond donors (Lipinski definition) is 2. The molecule has 1 heterocycles. The van der Waals surface area contributed by atoms with Gasteiger partial charge in [0.15, 0.2) is 0 Å². The fourth-order valence-electron chi connectivity index (χ4n) is 1.70. The lowest BCUT2D eigenvalue weighted by Crippen LogP contribution is -2.25. The molecule has 110 valence electrons. The van der Waals surface area contributed by atoms with Gasteiger partial charge in [0.05, 0.1) is 0 Å². The number of hydrogen-bond acceptors (Lipinski definition) is 4. The number of nitrogens with one attached hydrogen (secondary N) is 1. The zero-order valence-electron chi connectivity index (χ0n) is 11.6. The van der Waals surface area contributed by atoms with Crippen LogP contribution in [0.4, 0.5) is 0 Å². The number of rotatable bonds is 9. The summed E-state index contributed by atoms with van der Waals surface area (Å²) >= 11 is 1.85. The highest BCUT2D eigenvalue weighted by Gasteiger charge is 2.10. The molecule has 0 aliphatic heterocycles. The average molecular weight is 296 g/mol. The molecule has 0 saturated carbocycles. The summed E-state index contributed by atoms with van der Waals surface area (Å²) in [4.78, 5) is 26.3. The molecule has 0 aliphatic rings. The van der Waals surface area contributed by atoms with Crippen molar-refractivity contribution in [3.05, 3.63) is 29.6 Å². The summed E-state index contributed by atoms with van der Waals surface area (Å²) in [6, 6.07) is 4.40. The second-order valence-corrected chi connectivity index (χ2v) is 5.36. The maximum Gasteiger partial charge on any atom is 0.354 e. The monoisotopic (exact) mass is 296 g/mol. The molecule has 5 nitrogen and oxygen atoms in total. The van der Waals surface area contributed by atoms with Gasteiger partial charge in [-0.25, -0.2) is 9.78 Å². The molecular weight excluding hydrogens is 276 g/mol. The Kier molecular flexibility index (Phi) is 7.72. The fraction of sp³-hybridized carbons (Fsp3) is 0.500. The number of aromatic carboxylic acids is 1. The molecule has 0 saturated heterocycles. The summed E-state index contributed by atoms with van der Waals surface area (Å²) in [7, 11) is 0. The standard InChI is InChI=1S/C14H20N2O3S/c1-20-10-5-3-2-4-9-15-13(17)11-7-6-8-12(16-11)14(18)19/h6-8H,2-5,9-10H2,1H3,(H,15,17)(H,18,19). The Hall–Kier alpha value is -1.56. The Morgan fingerprint density at radius 3 is 2.60 bits per heavy atom. The predicted molar refractivity (Wildman–Crippen MR) is 80.4 cm³/mol. The van der Waals surface area contributed by atoms with Crippen LogP contribution < -0.4 is 5.32 Å². The topological polar surface area (TPSA) is 79.3 Å². The smallest absolute Gasteiger partial charge is 0.354 e. The molecule has 0 atom stereocenters. The summed E-state index contributed by atoms with van der Waals surface area (Å²) in [5.74, 6) is -0.274. The number of carboxylic acid groups (broad SMARTS) is 1. The maximum absolute atomic E-state index is 11.8.